The van der Waals surface area contributed by atoms with Gasteiger partial charge >= 0.3 is 6.09 Å². The summed E-state index contributed by atoms with van der Waals surface area (Å²) < 4.78 is 5.14. The average molecular weight is 274 g/mol. The van der Waals surface area contributed by atoms with Crippen molar-refractivity contribution in [3.8, 4) is 6.07 Å². The predicted molar refractivity (Wildman–Crippen MR) is 78.3 cm³/mol. The molecule has 0 fully saturated rings. The van der Waals surface area contributed by atoms with E-state index in [1.165, 1.54) is 5.56 Å². The standard InChI is InChI=1S/C16H22N2O2/c1-5-12-6-8-13(9-7-12)10-14(11-17)18-15(19)20-16(2,3)4/h6-9,14H,5,10H2,1-4H3,(H,18,19). The maximum atomic E-state index is 11.6. The van der Waals surface area contributed by atoms with Crippen molar-refractivity contribution in [2.45, 2.75) is 52.2 Å². The maximum absolute atomic E-state index is 11.6. The van der Waals surface area contributed by atoms with Crippen LogP contribution in [0.25, 0.3) is 0 Å². The van der Waals surface area contributed by atoms with Gasteiger partial charge in [0.1, 0.15) is 11.6 Å². The van der Waals surface area contributed by atoms with E-state index in [1.807, 2.05) is 24.3 Å². The molecule has 0 bridgehead atoms. The Kier molecular flexibility index (Phi) is 5.57. The van der Waals surface area contributed by atoms with Crippen LogP contribution in [0.15, 0.2) is 24.3 Å². The first kappa shape index (κ1) is 16.0. The molecule has 0 spiro atoms. The molecule has 1 rings (SSSR count). The van der Waals surface area contributed by atoms with Crippen molar-refractivity contribution in [2.24, 2.45) is 0 Å². The van der Waals surface area contributed by atoms with Crippen molar-refractivity contribution in [1.29, 1.82) is 5.26 Å². The molecule has 4 nitrogen and oxygen atoms in total. The van der Waals surface area contributed by atoms with Crippen LogP contribution in [0.2, 0.25) is 0 Å². The van der Waals surface area contributed by atoms with Crippen molar-refractivity contribution in [2.75, 3.05) is 0 Å². The third-order valence-electron chi connectivity index (χ3n) is 2.72. The first-order valence-corrected chi connectivity index (χ1v) is 6.81. The Morgan fingerprint density at radius 2 is 1.85 bits per heavy atom. The largest absolute Gasteiger partial charge is 0.444 e. The summed E-state index contributed by atoms with van der Waals surface area (Å²) in [7, 11) is 0. The second-order valence-electron chi connectivity index (χ2n) is 5.70. The molecular formula is C16H22N2O2. The lowest BCUT2D eigenvalue weighted by atomic mass is 10.0. The van der Waals surface area contributed by atoms with Gasteiger partial charge in [-0.3, -0.25) is 0 Å². The topological polar surface area (TPSA) is 62.1 Å². The fourth-order valence-electron chi connectivity index (χ4n) is 1.73. The number of ether oxygens (including phenoxy) is 1. The Labute approximate surface area is 120 Å². The number of amides is 1. The van der Waals surface area contributed by atoms with Crippen molar-refractivity contribution >= 4 is 6.09 Å². The Morgan fingerprint density at radius 1 is 1.30 bits per heavy atom. The summed E-state index contributed by atoms with van der Waals surface area (Å²) >= 11 is 0. The van der Waals surface area contributed by atoms with Gasteiger partial charge in [-0.2, -0.15) is 5.26 Å². The summed E-state index contributed by atoms with van der Waals surface area (Å²) in [5.74, 6) is 0. The molecule has 1 amide bonds. The van der Waals surface area contributed by atoms with E-state index in [0.717, 1.165) is 12.0 Å². The Bertz CT molecular complexity index is 481. The molecule has 0 heterocycles. The monoisotopic (exact) mass is 274 g/mol. The molecule has 1 unspecified atom stereocenters. The Morgan fingerprint density at radius 3 is 2.30 bits per heavy atom. The van der Waals surface area contributed by atoms with E-state index in [0.29, 0.717) is 6.42 Å². The lowest BCUT2D eigenvalue weighted by Gasteiger charge is -2.21. The summed E-state index contributed by atoms with van der Waals surface area (Å²) in [5, 5.41) is 11.7. The van der Waals surface area contributed by atoms with Gasteiger partial charge in [-0.15, -0.1) is 0 Å². The zero-order valence-electron chi connectivity index (χ0n) is 12.6. The fourth-order valence-corrected chi connectivity index (χ4v) is 1.73. The fraction of sp³-hybridized carbons (Fsp3) is 0.500. The summed E-state index contributed by atoms with van der Waals surface area (Å²) in [6, 6.07) is 9.55. The molecule has 1 aromatic rings. The normalized spacial score (nSPS) is 12.3. The first-order valence-electron chi connectivity index (χ1n) is 6.81. The number of hydrogen-bond donors (Lipinski definition) is 1. The van der Waals surface area contributed by atoms with Gasteiger partial charge in [0.15, 0.2) is 0 Å². The molecule has 0 aromatic heterocycles. The van der Waals surface area contributed by atoms with E-state index < -0.39 is 17.7 Å². The summed E-state index contributed by atoms with van der Waals surface area (Å²) in [5.41, 5.74) is 1.71. The molecule has 0 aliphatic rings. The number of carbonyl (C=O) groups excluding carboxylic acids is 1. The summed E-state index contributed by atoms with van der Waals surface area (Å²) in [4.78, 5) is 11.6. The number of hydrogen-bond acceptors (Lipinski definition) is 3. The number of carbonyl (C=O) groups is 1. The zero-order valence-corrected chi connectivity index (χ0v) is 12.6. The second-order valence-corrected chi connectivity index (χ2v) is 5.70. The highest BCUT2D eigenvalue weighted by atomic mass is 16.6. The highest BCUT2D eigenvalue weighted by Gasteiger charge is 2.19. The van der Waals surface area contributed by atoms with Crippen molar-refractivity contribution < 1.29 is 9.53 Å². The molecule has 1 atom stereocenters. The minimum atomic E-state index is -0.586. The quantitative estimate of drug-likeness (QED) is 0.917. The van der Waals surface area contributed by atoms with E-state index in [4.69, 9.17) is 10.00 Å². The minimum absolute atomic E-state index is 0.472. The SMILES string of the molecule is CCc1ccc(CC(C#N)NC(=O)OC(C)(C)C)cc1. The van der Waals surface area contributed by atoms with Crippen LogP contribution in [0.4, 0.5) is 4.79 Å². The van der Waals surface area contributed by atoms with Crippen LogP contribution in [0, 0.1) is 11.3 Å². The molecule has 1 N–H and O–H groups in total. The van der Waals surface area contributed by atoms with Crippen molar-refractivity contribution in [3.63, 3.8) is 0 Å². The van der Waals surface area contributed by atoms with E-state index in [1.54, 1.807) is 20.8 Å². The summed E-state index contributed by atoms with van der Waals surface area (Å²) in [6.45, 7) is 7.46. The number of rotatable bonds is 4. The van der Waals surface area contributed by atoms with Gasteiger partial charge in [-0.1, -0.05) is 31.2 Å². The van der Waals surface area contributed by atoms with Crippen LogP contribution in [-0.2, 0) is 17.6 Å². The van der Waals surface area contributed by atoms with Gasteiger partial charge in [0.2, 0.25) is 0 Å². The van der Waals surface area contributed by atoms with Crippen LogP contribution in [0.3, 0.4) is 0 Å². The summed E-state index contributed by atoms with van der Waals surface area (Å²) in [6.07, 6.45) is 0.895. The van der Waals surface area contributed by atoms with Crippen molar-refractivity contribution in [1.82, 2.24) is 5.32 Å². The molecule has 4 heteroatoms. The number of nitriles is 1. The van der Waals surface area contributed by atoms with Crippen LogP contribution in [0.1, 0.15) is 38.8 Å². The minimum Gasteiger partial charge on any atom is -0.444 e. The lowest BCUT2D eigenvalue weighted by molar-refractivity contribution is 0.0516. The average Bonchev–Trinajstić information content (AvgIpc) is 2.36. The van der Waals surface area contributed by atoms with Gasteiger partial charge < -0.3 is 10.1 Å². The molecule has 0 saturated heterocycles. The van der Waals surface area contributed by atoms with Crippen LogP contribution in [-0.4, -0.2) is 17.7 Å². The number of nitrogens with one attached hydrogen (secondary N) is 1. The first-order chi connectivity index (χ1) is 9.34. The number of aryl methyl sites for hydroxylation is 1. The molecule has 0 aliphatic carbocycles. The third kappa shape index (κ3) is 5.75. The van der Waals surface area contributed by atoms with E-state index in [2.05, 4.69) is 18.3 Å². The van der Waals surface area contributed by atoms with Crippen LogP contribution < -0.4 is 5.32 Å². The molecule has 0 radical (unpaired) electrons. The Hall–Kier alpha value is -2.02. The highest BCUT2D eigenvalue weighted by Crippen LogP contribution is 2.09. The van der Waals surface area contributed by atoms with Gasteiger partial charge in [0, 0.05) is 6.42 Å². The zero-order chi connectivity index (χ0) is 15.2. The Balaban J connectivity index is 2.59. The molecule has 0 saturated carbocycles. The van der Waals surface area contributed by atoms with Crippen LogP contribution >= 0.6 is 0 Å². The maximum Gasteiger partial charge on any atom is 0.408 e. The van der Waals surface area contributed by atoms with Crippen molar-refractivity contribution in [3.05, 3.63) is 35.4 Å². The lowest BCUT2D eigenvalue weighted by Crippen LogP contribution is -2.39. The third-order valence-corrected chi connectivity index (χ3v) is 2.72. The molecule has 20 heavy (non-hydrogen) atoms. The molecule has 1 aromatic carbocycles. The number of nitrogens with zero attached hydrogens (tertiary/aromatic N) is 1. The highest BCUT2D eigenvalue weighted by molar-refractivity contribution is 5.68. The van der Waals surface area contributed by atoms with E-state index in [9.17, 15) is 4.79 Å². The van der Waals surface area contributed by atoms with Gasteiger partial charge in [0.25, 0.3) is 0 Å². The molecular weight excluding hydrogens is 252 g/mol. The second kappa shape index (κ2) is 6.95. The smallest absolute Gasteiger partial charge is 0.408 e. The predicted octanol–water partition coefficient (Wildman–Crippen LogP) is 3.21. The van der Waals surface area contributed by atoms with E-state index >= 15 is 0 Å². The number of alkyl carbamates (subject to hydrolysis) is 1. The molecule has 108 valence electrons. The van der Waals surface area contributed by atoms with Crippen LogP contribution in [0.5, 0.6) is 0 Å². The number of benzene rings is 1. The van der Waals surface area contributed by atoms with Gasteiger partial charge in [-0.25, -0.2) is 4.79 Å². The van der Waals surface area contributed by atoms with E-state index in [-0.39, 0.29) is 0 Å². The van der Waals surface area contributed by atoms with Gasteiger partial charge in [0.05, 0.1) is 6.07 Å². The molecule has 0 aliphatic heterocycles. The van der Waals surface area contributed by atoms with Gasteiger partial charge in [-0.05, 0) is 38.3 Å².